The van der Waals surface area contributed by atoms with Crippen LogP contribution >= 0.6 is 0 Å². The largest absolute Gasteiger partial charge is 0.490 e. The Morgan fingerprint density at radius 2 is 1.83 bits per heavy atom. The maximum absolute atomic E-state index is 13.6. The molecule has 0 heterocycles. The third kappa shape index (κ3) is 3.05. The van der Waals surface area contributed by atoms with Crippen molar-refractivity contribution in [2.45, 2.75) is 20.8 Å². The molecule has 0 unspecified atom stereocenters. The molecule has 0 saturated heterocycles. The quantitative estimate of drug-likeness (QED) is 0.680. The number of rotatable bonds is 2. The van der Waals surface area contributed by atoms with Gasteiger partial charge in [0.2, 0.25) is 5.91 Å². The van der Waals surface area contributed by atoms with Crippen molar-refractivity contribution in [1.82, 2.24) is 0 Å². The fourth-order valence-corrected chi connectivity index (χ4v) is 1.21. The van der Waals surface area contributed by atoms with Gasteiger partial charge in [0.15, 0.2) is 11.6 Å². The molecule has 0 bridgehead atoms. The van der Waals surface area contributed by atoms with Gasteiger partial charge in [-0.2, -0.15) is 0 Å². The molecule has 0 fully saturated rings. The van der Waals surface area contributed by atoms with Gasteiger partial charge >= 0.3 is 7.12 Å². The van der Waals surface area contributed by atoms with Gasteiger partial charge in [0.05, 0.1) is 5.69 Å². The minimum absolute atomic E-state index is 0.300. The van der Waals surface area contributed by atoms with Crippen molar-refractivity contribution in [3.05, 3.63) is 23.8 Å². The van der Waals surface area contributed by atoms with Crippen molar-refractivity contribution >= 4 is 24.2 Å². The molecule has 0 aromatic heterocycles. The van der Waals surface area contributed by atoms with Gasteiger partial charge in [-0.05, 0) is 6.07 Å². The summed E-state index contributed by atoms with van der Waals surface area (Å²) in [5.74, 6) is -3.06. The van der Waals surface area contributed by atoms with Crippen molar-refractivity contribution < 1.29 is 23.6 Å². The third-order valence-corrected chi connectivity index (χ3v) is 2.32. The van der Waals surface area contributed by atoms with Crippen LogP contribution in [0.2, 0.25) is 0 Å². The first kappa shape index (κ1) is 14.6. The highest BCUT2D eigenvalue weighted by atomic mass is 19.2. The normalized spacial score (nSPS) is 11.3. The van der Waals surface area contributed by atoms with E-state index >= 15 is 0 Å². The van der Waals surface area contributed by atoms with Gasteiger partial charge in [-0.25, -0.2) is 8.78 Å². The van der Waals surface area contributed by atoms with Gasteiger partial charge < -0.3 is 15.4 Å². The number of benzene rings is 1. The number of nitrogens with one attached hydrogen (secondary N) is 1. The SMILES string of the molecule is CC(C)(C)C(=O)Nc1c(B(O)O)ccc(F)c1F. The summed E-state index contributed by atoms with van der Waals surface area (Å²) >= 11 is 0. The lowest BCUT2D eigenvalue weighted by molar-refractivity contribution is -0.123. The molecule has 0 aliphatic carbocycles. The van der Waals surface area contributed by atoms with E-state index in [4.69, 9.17) is 10.0 Å². The predicted octanol–water partition coefficient (Wildman–Crippen LogP) is 0.629. The maximum atomic E-state index is 13.6. The standard InChI is InChI=1S/C11H14BF2NO3/c1-11(2,3)10(16)15-9-6(12(17)18)4-5-7(13)8(9)14/h4-5,17-18H,1-3H3,(H,15,16). The molecule has 1 aromatic rings. The molecule has 0 aliphatic heterocycles. The van der Waals surface area contributed by atoms with E-state index in [2.05, 4.69) is 5.32 Å². The zero-order chi connectivity index (χ0) is 14.1. The first-order chi connectivity index (χ1) is 8.14. The van der Waals surface area contributed by atoms with E-state index in [1.54, 1.807) is 20.8 Å². The lowest BCUT2D eigenvalue weighted by Gasteiger charge is -2.19. The molecule has 18 heavy (non-hydrogen) atoms. The van der Waals surface area contributed by atoms with Gasteiger partial charge in [0.1, 0.15) is 0 Å². The number of amides is 1. The summed E-state index contributed by atoms with van der Waals surface area (Å²) in [5.41, 5.74) is -1.67. The second-order valence-corrected chi connectivity index (χ2v) is 4.90. The number of hydrogen-bond donors (Lipinski definition) is 3. The van der Waals surface area contributed by atoms with Crippen molar-refractivity contribution in [1.29, 1.82) is 0 Å². The smallest absolute Gasteiger partial charge is 0.423 e. The van der Waals surface area contributed by atoms with Crippen LogP contribution in [-0.4, -0.2) is 23.1 Å². The molecule has 3 N–H and O–H groups in total. The van der Waals surface area contributed by atoms with Crippen LogP contribution < -0.4 is 10.8 Å². The third-order valence-electron chi connectivity index (χ3n) is 2.32. The fraction of sp³-hybridized carbons (Fsp3) is 0.364. The molecule has 0 spiro atoms. The number of carbonyl (C=O) groups excluding carboxylic acids is 1. The van der Waals surface area contributed by atoms with Crippen LogP contribution in [0.5, 0.6) is 0 Å². The zero-order valence-electron chi connectivity index (χ0n) is 10.3. The van der Waals surface area contributed by atoms with E-state index in [1.807, 2.05) is 0 Å². The molecule has 0 aliphatic rings. The Labute approximate surface area is 104 Å². The number of carbonyl (C=O) groups is 1. The highest BCUT2D eigenvalue weighted by molar-refractivity contribution is 6.60. The Hall–Kier alpha value is -1.47. The topological polar surface area (TPSA) is 69.6 Å². The van der Waals surface area contributed by atoms with Gasteiger partial charge in [-0.3, -0.25) is 4.79 Å². The van der Waals surface area contributed by atoms with Gasteiger partial charge in [0, 0.05) is 10.9 Å². The Bertz CT molecular complexity index is 472. The van der Waals surface area contributed by atoms with E-state index in [1.165, 1.54) is 0 Å². The van der Waals surface area contributed by atoms with Gasteiger partial charge in [0.25, 0.3) is 0 Å². The highest BCUT2D eigenvalue weighted by Gasteiger charge is 2.27. The minimum Gasteiger partial charge on any atom is -0.423 e. The first-order valence-electron chi connectivity index (χ1n) is 5.30. The predicted molar refractivity (Wildman–Crippen MR) is 64.3 cm³/mol. The second kappa shape index (κ2) is 5.03. The summed E-state index contributed by atoms with van der Waals surface area (Å²) in [7, 11) is -2.00. The van der Waals surface area contributed by atoms with Crippen LogP contribution in [0.1, 0.15) is 20.8 Å². The van der Waals surface area contributed by atoms with Crippen LogP contribution in [-0.2, 0) is 4.79 Å². The Balaban J connectivity index is 3.22. The summed E-state index contributed by atoms with van der Waals surface area (Å²) in [5, 5.41) is 20.3. The summed E-state index contributed by atoms with van der Waals surface area (Å²) in [6.45, 7) is 4.78. The monoisotopic (exact) mass is 257 g/mol. The summed E-state index contributed by atoms with van der Waals surface area (Å²) in [4.78, 5) is 11.7. The van der Waals surface area contributed by atoms with E-state index < -0.39 is 35.8 Å². The lowest BCUT2D eigenvalue weighted by atomic mass is 9.78. The second-order valence-electron chi connectivity index (χ2n) is 4.90. The Morgan fingerprint density at radius 1 is 1.28 bits per heavy atom. The Kier molecular flexibility index (Phi) is 4.08. The molecule has 1 rings (SSSR count). The van der Waals surface area contributed by atoms with E-state index in [0.717, 1.165) is 12.1 Å². The van der Waals surface area contributed by atoms with E-state index in [0.29, 0.717) is 0 Å². The van der Waals surface area contributed by atoms with Crippen LogP contribution in [0.25, 0.3) is 0 Å². The molecule has 7 heteroatoms. The molecule has 0 radical (unpaired) electrons. The van der Waals surface area contributed by atoms with Crippen LogP contribution in [0.3, 0.4) is 0 Å². The van der Waals surface area contributed by atoms with Crippen molar-refractivity contribution in [2.24, 2.45) is 5.41 Å². The summed E-state index contributed by atoms with van der Waals surface area (Å²) < 4.78 is 26.6. The molecule has 1 amide bonds. The average molecular weight is 257 g/mol. The molecule has 98 valence electrons. The molecule has 0 saturated carbocycles. The summed E-state index contributed by atoms with van der Waals surface area (Å²) in [6, 6.07) is 1.76. The van der Waals surface area contributed by atoms with Crippen molar-refractivity contribution in [2.75, 3.05) is 5.32 Å². The first-order valence-corrected chi connectivity index (χ1v) is 5.30. The minimum atomic E-state index is -2.00. The average Bonchev–Trinajstić information content (AvgIpc) is 2.23. The lowest BCUT2D eigenvalue weighted by Crippen LogP contribution is -2.37. The number of anilines is 1. The fourth-order valence-electron chi connectivity index (χ4n) is 1.21. The van der Waals surface area contributed by atoms with Gasteiger partial charge in [-0.1, -0.05) is 26.8 Å². The molecule has 0 atom stereocenters. The van der Waals surface area contributed by atoms with E-state index in [9.17, 15) is 13.6 Å². The van der Waals surface area contributed by atoms with Crippen LogP contribution in [0.4, 0.5) is 14.5 Å². The Morgan fingerprint density at radius 3 is 2.28 bits per heavy atom. The van der Waals surface area contributed by atoms with Crippen molar-refractivity contribution in [3.8, 4) is 0 Å². The number of halogens is 2. The van der Waals surface area contributed by atoms with E-state index in [-0.39, 0.29) is 5.46 Å². The molecule has 4 nitrogen and oxygen atoms in total. The maximum Gasteiger partial charge on any atom is 0.490 e. The highest BCUT2D eigenvalue weighted by Crippen LogP contribution is 2.20. The van der Waals surface area contributed by atoms with Crippen LogP contribution in [0.15, 0.2) is 12.1 Å². The molecule has 1 aromatic carbocycles. The zero-order valence-corrected chi connectivity index (χ0v) is 10.3. The molecular formula is C11H14BF2NO3. The molecular weight excluding hydrogens is 243 g/mol. The van der Waals surface area contributed by atoms with Gasteiger partial charge in [-0.15, -0.1) is 0 Å². The van der Waals surface area contributed by atoms with Crippen molar-refractivity contribution in [3.63, 3.8) is 0 Å². The van der Waals surface area contributed by atoms with Crippen LogP contribution in [0, 0.1) is 17.0 Å². The number of hydrogen-bond acceptors (Lipinski definition) is 3. The summed E-state index contributed by atoms with van der Waals surface area (Å²) in [6.07, 6.45) is 0.